The standard InChI is InChI=1S/C22H27N5O2/c1-22(2,3)17-8-6-15(7-9-17)21(29)26-18(13-28)10-16(12-23)19-11-20(27(4)5)25-14-24-19/h6-14H,23H2,1-5H3,(H,26,29)/b16-12+,18-10+. The minimum absolute atomic E-state index is 0.00730. The molecule has 0 atom stereocenters. The molecule has 2 aromatic rings. The lowest BCUT2D eigenvalue weighted by Crippen LogP contribution is -2.24. The minimum Gasteiger partial charge on any atom is -0.404 e. The van der Waals surface area contributed by atoms with Gasteiger partial charge in [-0.05, 0) is 29.2 Å². The number of allylic oxidation sites excluding steroid dienone is 3. The lowest BCUT2D eigenvalue weighted by atomic mass is 9.87. The van der Waals surface area contributed by atoms with E-state index in [0.717, 1.165) is 5.56 Å². The van der Waals surface area contributed by atoms with Crippen molar-refractivity contribution >= 4 is 23.6 Å². The summed E-state index contributed by atoms with van der Waals surface area (Å²) in [6, 6.07) is 9.05. The van der Waals surface area contributed by atoms with Gasteiger partial charge in [-0.2, -0.15) is 0 Å². The summed E-state index contributed by atoms with van der Waals surface area (Å²) >= 11 is 0. The molecule has 2 rings (SSSR count). The van der Waals surface area contributed by atoms with E-state index in [9.17, 15) is 9.59 Å². The van der Waals surface area contributed by atoms with Gasteiger partial charge in [-0.25, -0.2) is 9.97 Å². The first-order valence-electron chi connectivity index (χ1n) is 9.16. The van der Waals surface area contributed by atoms with Crippen molar-refractivity contribution in [2.45, 2.75) is 26.2 Å². The van der Waals surface area contributed by atoms with E-state index >= 15 is 0 Å². The Morgan fingerprint density at radius 2 is 1.79 bits per heavy atom. The van der Waals surface area contributed by atoms with Crippen LogP contribution in [0.2, 0.25) is 0 Å². The maximum absolute atomic E-state index is 12.5. The summed E-state index contributed by atoms with van der Waals surface area (Å²) in [4.78, 5) is 34.2. The normalized spacial score (nSPS) is 12.4. The Morgan fingerprint density at radius 3 is 2.31 bits per heavy atom. The minimum atomic E-state index is -0.378. The van der Waals surface area contributed by atoms with Gasteiger partial charge in [0.1, 0.15) is 12.1 Å². The molecule has 0 saturated heterocycles. The number of carbonyl (C=O) groups excluding carboxylic acids is 2. The molecule has 0 aliphatic carbocycles. The molecule has 7 nitrogen and oxygen atoms in total. The summed E-state index contributed by atoms with van der Waals surface area (Å²) in [7, 11) is 3.71. The fraction of sp³-hybridized carbons (Fsp3) is 0.273. The molecule has 1 heterocycles. The number of aldehydes is 1. The molecule has 1 aromatic heterocycles. The van der Waals surface area contributed by atoms with Crippen molar-refractivity contribution in [3.8, 4) is 0 Å². The number of nitrogens with one attached hydrogen (secondary N) is 1. The highest BCUT2D eigenvalue weighted by Crippen LogP contribution is 2.22. The molecule has 0 aliphatic rings. The molecule has 1 aromatic carbocycles. The van der Waals surface area contributed by atoms with Gasteiger partial charge in [-0.15, -0.1) is 0 Å². The molecular weight excluding hydrogens is 366 g/mol. The Kier molecular flexibility index (Phi) is 6.88. The fourth-order valence-electron chi connectivity index (χ4n) is 2.55. The van der Waals surface area contributed by atoms with Crippen molar-refractivity contribution in [1.29, 1.82) is 0 Å². The van der Waals surface area contributed by atoms with Gasteiger partial charge in [0.15, 0.2) is 6.29 Å². The van der Waals surface area contributed by atoms with Crippen molar-refractivity contribution < 1.29 is 9.59 Å². The molecule has 0 bridgehead atoms. The van der Waals surface area contributed by atoms with Crippen LogP contribution in [0.25, 0.3) is 5.57 Å². The topological polar surface area (TPSA) is 101 Å². The summed E-state index contributed by atoms with van der Waals surface area (Å²) in [5.41, 5.74) is 8.40. The van der Waals surface area contributed by atoms with Crippen LogP contribution in [0.4, 0.5) is 5.82 Å². The van der Waals surface area contributed by atoms with Gasteiger partial charge in [0.05, 0.1) is 11.4 Å². The van der Waals surface area contributed by atoms with Crippen LogP contribution in [0.1, 0.15) is 42.4 Å². The summed E-state index contributed by atoms with van der Waals surface area (Å²) in [6.07, 6.45) is 4.79. The highest BCUT2D eigenvalue weighted by molar-refractivity contribution is 5.99. The Morgan fingerprint density at radius 1 is 1.14 bits per heavy atom. The van der Waals surface area contributed by atoms with Crippen LogP contribution in [0, 0.1) is 0 Å². The Balaban J connectivity index is 2.23. The highest BCUT2D eigenvalue weighted by atomic mass is 16.2. The molecule has 0 saturated carbocycles. The van der Waals surface area contributed by atoms with Crippen LogP contribution in [-0.2, 0) is 10.2 Å². The first-order valence-corrected chi connectivity index (χ1v) is 9.16. The third kappa shape index (κ3) is 5.75. The molecule has 152 valence electrons. The average Bonchev–Trinajstić information content (AvgIpc) is 2.70. The SMILES string of the molecule is CN(C)c1cc(C(/C=C(\C=O)NC(=O)c2ccc(C(C)(C)C)cc2)=C/N)ncn1. The van der Waals surface area contributed by atoms with Gasteiger partial charge in [-0.3, -0.25) is 9.59 Å². The van der Waals surface area contributed by atoms with Crippen LogP contribution in [0.3, 0.4) is 0 Å². The van der Waals surface area contributed by atoms with Crippen LogP contribution in [0.15, 0.2) is 54.6 Å². The number of amides is 1. The van der Waals surface area contributed by atoms with Crippen molar-refractivity contribution in [3.63, 3.8) is 0 Å². The predicted octanol–water partition coefficient (Wildman–Crippen LogP) is 2.65. The number of nitrogens with zero attached hydrogens (tertiary/aromatic N) is 3. The number of carbonyl (C=O) groups is 2. The molecule has 0 unspecified atom stereocenters. The molecule has 0 spiro atoms. The second-order valence-electron chi connectivity index (χ2n) is 7.78. The number of nitrogens with two attached hydrogens (primary N) is 1. The van der Waals surface area contributed by atoms with E-state index in [1.165, 1.54) is 18.6 Å². The van der Waals surface area contributed by atoms with Crippen molar-refractivity contribution in [3.05, 3.63) is 71.5 Å². The van der Waals surface area contributed by atoms with E-state index < -0.39 is 0 Å². The average molecular weight is 393 g/mol. The first-order chi connectivity index (χ1) is 13.7. The van der Waals surface area contributed by atoms with Gasteiger partial charge in [-0.1, -0.05) is 32.9 Å². The summed E-state index contributed by atoms with van der Waals surface area (Å²) in [6.45, 7) is 6.31. The number of anilines is 1. The van der Waals surface area contributed by atoms with Crippen LogP contribution < -0.4 is 16.0 Å². The lowest BCUT2D eigenvalue weighted by molar-refractivity contribution is -0.105. The molecular formula is C22H27N5O2. The Labute approximate surface area is 171 Å². The second kappa shape index (κ2) is 9.14. The zero-order valence-electron chi connectivity index (χ0n) is 17.4. The van der Waals surface area contributed by atoms with E-state index in [-0.39, 0.29) is 17.0 Å². The lowest BCUT2D eigenvalue weighted by Gasteiger charge is -2.19. The van der Waals surface area contributed by atoms with Gasteiger partial charge in [0, 0.05) is 37.5 Å². The molecule has 0 aliphatic heterocycles. The summed E-state index contributed by atoms with van der Waals surface area (Å²) in [5, 5.41) is 2.62. The zero-order chi connectivity index (χ0) is 21.6. The van der Waals surface area contributed by atoms with E-state index in [1.54, 1.807) is 18.2 Å². The number of benzene rings is 1. The number of hydrogen-bond donors (Lipinski definition) is 2. The monoisotopic (exact) mass is 393 g/mol. The predicted molar refractivity (Wildman–Crippen MR) is 115 cm³/mol. The summed E-state index contributed by atoms with van der Waals surface area (Å²) < 4.78 is 0. The highest BCUT2D eigenvalue weighted by Gasteiger charge is 2.15. The number of aromatic nitrogens is 2. The maximum atomic E-state index is 12.5. The van der Waals surface area contributed by atoms with Crippen LogP contribution in [0.5, 0.6) is 0 Å². The second-order valence-corrected chi connectivity index (χ2v) is 7.78. The first kappa shape index (κ1) is 21.8. The van der Waals surface area contributed by atoms with E-state index in [0.29, 0.717) is 28.9 Å². The molecule has 29 heavy (non-hydrogen) atoms. The van der Waals surface area contributed by atoms with Gasteiger partial charge in [0.2, 0.25) is 0 Å². The molecule has 0 fully saturated rings. The van der Waals surface area contributed by atoms with Crippen LogP contribution in [-0.4, -0.2) is 36.3 Å². The fourth-order valence-corrected chi connectivity index (χ4v) is 2.55. The van der Waals surface area contributed by atoms with E-state index in [2.05, 4.69) is 36.1 Å². The van der Waals surface area contributed by atoms with Crippen molar-refractivity contribution in [2.75, 3.05) is 19.0 Å². The third-order valence-electron chi connectivity index (χ3n) is 4.30. The molecule has 7 heteroatoms. The van der Waals surface area contributed by atoms with Crippen molar-refractivity contribution in [1.82, 2.24) is 15.3 Å². The maximum Gasteiger partial charge on any atom is 0.255 e. The smallest absolute Gasteiger partial charge is 0.255 e. The number of hydrogen-bond acceptors (Lipinski definition) is 6. The molecule has 3 N–H and O–H groups in total. The Bertz CT molecular complexity index is 938. The quantitative estimate of drug-likeness (QED) is 0.444. The van der Waals surface area contributed by atoms with Gasteiger partial charge in [0.25, 0.3) is 5.91 Å². The van der Waals surface area contributed by atoms with E-state index in [4.69, 9.17) is 5.73 Å². The Hall–Kier alpha value is -3.48. The van der Waals surface area contributed by atoms with Crippen LogP contribution >= 0.6 is 0 Å². The van der Waals surface area contributed by atoms with E-state index in [1.807, 2.05) is 31.1 Å². The van der Waals surface area contributed by atoms with Gasteiger partial charge >= 0.3 is 0 Å². The number of rotatable bonds is 6. The molecule has 1 amide bonds. The third-order valence-corrected chi connectivity index (χ3v) is 4.30. The van der Waals surface area contributed by atoms with Gasteiger partial charge < -0.3 is 16.0 Å². The van der Waals surface area contributed by atoms with Crippen molar-refractivity contribution in [2.24, 2.45) is 5.73 Å². The summed E-state index contributed by atoms with van der Waals surface area (Å²) in [5.74, 6) is 0.315. The zero-order valence-corrected chi connectivity index (χ0v) is 17.4. The largest absolute Gasteiger partial charge is 0.404 e. The molecule has 0 radical (unpaired) electrons.